The topological polar surface area (TPSA) is 29.3 Å². The first-order valence-electron chi connectivity index (χ1n) is 5.47. The van der Waals surface area contributed by atoms with Crippen LogP contribution in [0.4, 0.5) is 5.69 Å². The molecule has 0 bridgehead atoms. The van der Waals surface area contributed by atoms with E-state index in [9.17, 15) is 0 Å². The van der Waals surface area contributed by atoms with Crippen LogP contribution in [0.3, 0.4) is 0 Å². The molecule has 0 radical (unpaired) electrons. The molecule has 15 heavy (non-hydrogen) atoms. The highest BCUT2D eigenvalue weighted by molar-refractivity contribution is 5.55. The van der Waals surface area contributed by atoms with Crippen molar-refractivity contribution >= 4 is 5.69 Å². The third-order valence-corrected chi connectivity index (χ3v) is 2.59. The number of hydrogen-bond donors (Lipinski definition) is 1. The Morgan fingerprint density at radius 3 is 2.33 bits per heavy atom. The molecule has 84 valence electrons. The van der Waals surface area contributed by atoms with Gasteiger partial charge in [0.05, 0.1) is 0 Å². The van der Waals surface area contributed by atoms with E-state index in [0.29, 0.717) is 6.54 Å². The molecule has 0 aromatic heterocycles. The molecule has 1 rings (SSSR count). The number of nitrogens with zero attached hydrogens (tertiary/aromatic N) is 1. The molecule has 0 saturated heterocycles. The van der Waals surface area contributed by atoms with Crippen molar-refractivity contribution in [3.63, 3.8) is 0 Å². The van der Waals surface area contributed by atoms with Gasteiger partial charge < -0.3 is 10.6 Å². The van der Waals surface area contributed by atoms with Crippen molar-refractivity contribution in [3.8, 4) is 0 Å². The number of nitrogens with two attached hydrogens (primary N) is 1. The molecule has 1 aromatic rings. The molecule has 0 heterocycles. The molecule has 0 aliphatic carbocycles. The molecule has 2 N–H and O–H groups in total. The Labute approximate surface area is 93.1 Å². The molecule has 2 heteroatoms. The predicted molar refractivity (Wildman–Crippen MR) is 67.5 cm³/mol. The van der Waals surface area contributed by atoms with E-state index in [-0.39, 0.29) is 5.41 Å². The molecule has 0 unspecified atom stereocenters. The van der Waals surface area contributed by atoms with Crippen molar-refractivity contribution in [2.45, 2.75) is 26.2 Å². The van der Waals surface area contributed by atoms with Crippen molar-refractivity contribution in [1.82, 2.24) is 0 Å². The Morgan fingerprint density at radius 1 is 1.20 bits per heavy atom. The number of hydrogen-bond acceptors (Lipinski definition) is 2. The van der Waals surface area contributed by atoms with Crippen LogP contribution in [-0.2, 0) is 5.41 Å². The smallest absolute Gasteiger partial charge is 0.0401 e. The fourth-order valence-electron chi connectivity index (χ4n) is 1.75. The Hall–Kier alpha value is -1.02. The fraction of sp³-hybridized carbons (Fsp3) is 0.538. The summed E-state index contributed by atoms with van der Waals surface area (Å²) in [5.74, 6) is 0. The van der Waals surface area contributed by atoms with E-state index in [2.05, 4.69) is 57.0 Å². The van der Waals surface area contributed by atoms with Crippen molar-refractivity contribution < 1.29 is 0 Å². The molecule has 0 aliphatic heterocycles. The van der Waals surface area contributed by atoms with Crippen LogP contribution in [0.25, 0.3) is 0 Å². The van der Waals surface area contributed by atoms with Gasteiger partial charge in [-0.3, -0.25) is 0 Å². The second-order valence-corrected chi connectivity index (χ2v) is 4.98. The Balaban J connectivity index is 3.06. The molecule has 0 spiro atoms. The maximum Gasteiger partial charge on any atom is 0.0401 e. The van der Waals surface area contributed by atoms with Gasteiger partial charge in [0.15, 0.2) is 0 Å². The predicted octanol–water partition coefficient (Wildman–Crippen LogP) is 2.38. The number of rotatable bonds is 3. The van der Waals surface area contributed by atoms with E-state index >= 15 is 0 Å². The van der Waals surface area contributed by atoms with E-state index in [4.69, 9.17) is 5.73 Å². The summed E-state index contributed by atoms with van der Waals surface area (Å²) in [6.45, 7) is 8.30. The summed E-state index contributed by atoms with van der Waals surface area (Å²) in [5, 5.41) is 0. The average molecular weight is 206 g/mol. The van der Waals surface area contributed by atoms with Gasteiger partial charge in [-0.1, -0.05) is 39.0 Å². The second kappa shape index (κ2) is 4.67. The van der Waals surface area contributed by atoms with Crippen molar-refractivity contribution in [3.05, 3.63) is 29.8 Å². The Bertz CT molecular complexity index is 313. The van der Waals surface area contributed by atoms with Gasteiger partial charge in [0, 0.05) is 25.8 Å². The summed E-state index contributed by atoms with van der Waals surface area (Å²) >= 11 is 0. The number of benzene rings is 1. The van der Waals surface area contributed by atoms with Gasteiger partial charge in [-0.2, -0.15) is 0 Å². The highest BCUT2D eigenvalue weighted by atomic mass is 15.1. The summed E-state index contributed by atoms with van der Waals surface area (Å²) in [6.07, 6.45) is 0. The SMILES string of the molecule is CN(CCN)c1ccccc1C(C)(C)C. The molecule has 0 atom stereocenters. The molecule has 1 aromatic carbocycles. The van der Waals surface area contributed by atoms with Crippen LogP contribution in [0.5, 0.6) is 0 Å². The van der Waals surface area contributed by atoms with Crippen LogP contribution in [-0.4, -0.2) is 20.1 Å². The van der Waals surface area contributed by atoms with Crippen LogP contribution in [0, 0.1) is 0 Å². The Kier molecular flexibility index (Phi) is 3.75. The minimum absolute atomic E-state index is 0.180. The van der Waals surface area contributed by atoms with Crippen LogP contribution in [0.2, 0.25) is 0 Å². The first kappa shape index (κ1) is 12.1. The molecule has 0 fully saturated rings. The lowest BCUT2D eigenvalue weighted by Crippen LogP contribution is -2.27. The van der Waals surface area contributed by atoms with Gasteiger partial charge in [0.25, 0.3) is 0 Å². The van der Waals surface area contributed by atoms with Gasteiger partial charge in [0.1, 0.15) is 0 Å². The largest absolute Gasteiger partial charge is 0.373 e. The molecular formula is C13H22N2. The van der Waals surface area contributed by atoms with E-state index in [1.165, 1.54) is 11.3 Å². The first-order chi connectivity index (χ1) is 6.96. The second-order valence-electron chi connectivity index (χ2n) is 4.98. The minimum atomic E-state index is 0.180. The third kappa shape index (κ3) is 2.96. The molecule has 0 aliphatic rings. The maximum atomic E-state index is 5.58. The first-order valence-corrected chi connectivity index (χ1v) is 5.47. The highest BCUT2D eigenvalue weighted by Crippen LogP contribution is 2.30. The summed E-state index contributed by atoms with van der Waals surface area (Å²) in [7, 11) is 2.09. The number of para-hydroxylation sites is 1. The average Bonchev–Trinajstić information content (AvgIpc) is 2.17. The van der Waals surface area contributed by atoms with E-state index in [1.54, 1.807) is 0 Å². The lowest BCUT2D eigenvalue weighted by atomic mass is 9.85. The monoisotopic (exact) mass is 206 g/mol. The van der Waals surface area contributed by atoms with Gasteiger partial charge in [0.2, 0.25) is 0 Å². The maximum absolute atomic E-state index is 5.58. The van der Waals surface area contributed by atoms with Crippen LogP contribution in [0.1, 0.15) is 26.3 Å². The van der Waals surface area contributed by atoms with Gasteiger partial charge in [-0.15, -0.1) is 0 Å². The Morgan fingerprint density at radius 2 is 1.80 bits per heavy atom. The van der Waals surface area contributed by atoms with Crippen LogP contribution >= 0.6 is 0 Å². The summed E-state index contributed by atoms with van der Waals surface area (Å²) in [6, 6.07) is 8.54. The summed E-state index contributed by atoms with van der Waals surface area (Å²) in [5.41, 5.74) is 8.43. The van der Waals surface area contributed by atoms with Crippen LogP contribution < -0.4 is 10.6 Å². The lowest BCUT2D eigenvalue weighted by Gasteiger charge is -2.28. The van der Waals surface area contributed by atoms with Gasteiger partial charge in [-0.05, 0) is 17.0 Å². The van der Waals surface area contributed by atoms with E-state index < -0.39 is 0 Å². The zero-order valence-electron chi connectivity index (χ0n) is 10.2. The van der Waals surface area contributed by atoms with Gasteiger partial charge in [-0.25, -0.2) is 0 Å². The quantitative estimate of drug-likeness (QED) is 0.822. The van der Waals surface area contributed by atoms with E-state index in [1.807, 2.05) is 0 Å². The number of anilines is 1. The summed E-state index contributed by atoms with van der Waals surface area (Å²) < 4.78 is 0. The lowest BCUT2D eigenvalue weighted by molar-refractivity contribution is 0.588. The molecule has 2 nitrogen and oxygen atoms in total. The minimum Gasteiger partial charge on any atom is -0.373 e. The zero-order valence-corrected chi connectivity index (χ0v) is 10.2. The normalized spacial score (nSPS) is 11.5. The third-order valence-electron chi connectivity index (χ3n) is 2.59. The van der Waals surface area contributed by atoms with Crippen molar-refractivity contribution in [2.24, 2.45) is 5.73 Å². The zero-order chi connectivity index (χ0) is 11.5. The van der Waals surface area contributed by atoms with Crippen molar-refractivity contribution in [2.75, 3.05) is 25.0 Å². The fourth-order valence-corrected chi connectivity index (χ4v) is 1.75. The highest BCUT2D eigenvalue weighted by Gasteiger charge is 2.18. The molecular weight excluding hydrogens is 184 g/mol. The van der Waals surface area contributed by atoms with E-state index in [0.717, 1.165) is 6.54 Å². The standard InChI is InChI=1S/C13H22N2/c1-13(2,3)11-7-5-6-8-12(11)15(4)10-9-14/h5-8H,9-10,14H2,1-4H3. The molecule has 0 amide bonds. The molecule has 0 saturated carbocycles. The number of likely N-dealkylation sites (N-methyl/N-ethyl adjacent to an activating group) is 1. The van der Waals surface area contributed by atoms with Crippen molar-refractivity contribution in [1.29, 1.82) is 0 Å². The van der Waals surface area contributed by atoms with Crippen LogP contribution in [0.15, 0.2) is 24.3 Å². The van der Waals surface area contributed by atoms with Gasteiger partial charge >= 0.3 is 0 Å². The summed E-state index contributed by atoms with van der Waals surface area (Å²) in [4.78, 5) is 2.22.